The minimum atomic E-state index is -0.800. The molecule has 0 saturated heterocycles. The molecule has 0 bridgehead atoms. The molecule has 2 N–H and O–H groups in total. The number of carboxylic acids is 1. The number of hydrogen-bond acceptors (Lipinski definition) is 3. The highest BCUT2D eigenvalue weighted by atomic mass is 35.5. The summed E-state index contributed by atoms with van der Waals surface area (Å²) in [7, 11) is 0. The average Bonchev–Trinajstić information content (AvgIpc) is 3.06. The first-order valence-corrected chi connectivity index (χ1v) is 5.58. The Bertz CT molecular complexity index is 464. The van der Waals surface area contributed by atoms with E-state index < -0.39 is 5.97 Å². The van der Waals surface area contributed by atoms with Crippen LogP contribution in [0.25, 0.3) is 0 Å². The number of halogens is 1. The van der Waals surface area contributed by atoms with Gasteiger partial charge in [-0.05, 0) is 18.4 Å². The molecule has 1 aromatic heterocycles. The number of nitrogens with one attached hydrogen (secondary N) is 1. The van der Waals surface area contributed by atoms with Gasteiger partial charge in [0.2, 0.25) is 0 Å². The maximum atomic E-state index is 11.7. The van der Waals surface area contributed by atoms with Crippen molar-refractivity contribution < 1.29 is 14.7 Å². The topological polar surface area (TPSA) is 79.3 Å². The van der Waals surface area contributed by atoms with E-state index in [1.54, 1.807) is 0 Å². The lowest BCUT2D eigenvalue weighted by molar-refractivity contribution is -0.138. The van der Waals surface area contributed by atoms with E-state index in [0.29, 0.717) is 18.5 Å². The van der Waals surface area contributed by atoms with E-state index in [4.69, 9.17) is 16.7 Å². The Hall–Kier alpha value is -1.62. The first-order valence-electron chi connectivity index (χ1n) is 5.20. The van der Waals surface area contributed by atoms with E-state index in [9.17, 15) is 9.59 Å². The third kappa shape index (κ3) is 2.74. The molecule has 1 saturated carbocycles. The molecular formula is C11H11ClN2O3. The summed E-state index contributed by atoms with van der Waals surface area (Å²) < 4.78 is 0. The number of nitrogens with zero attached hydrogens (tertiary/aromatic N) is 1. The molecule has 0 spiro atoms. The summed E-state index contributed by atoms with van der Waals surface area (Å²) in [6, 6.07) is 1.53. The van der Waals surface area contributed by atoms with Gasteiger partial charge in [0.15, 0.2) is 0 Å². The lowest BCUT2D eigenvalue weighted by Gasteiger charge is -2.05. The predicted molar refractivity (Wildman–Crippen MR) is 60.8 cm³/mol. The summed E-state index contributed by atoms with van der Waals surface area (Å²) in [6.45, 7) is 0.369. The zero-order valence-corrected chi connectivity index (χ0v) is 9.65. The van der Waals surface area contributed by atoms with Gasteiger partial charge in [0, 0.05) is 18.9 Å². The number of hydrogen-bond donors (Lipinski definition) is 2. The van der Waals surface area contributed by atoms with Crippen LogP contribution in [-0.4, -0.2) is 28.5 Å². The average molecular weight is 255 g/mol. The van der Waals surface area contributed by atoms with E-state index in [1.807, 2.05) is 0 Å². The molecule has 1 heterocycles. The van der Waals surface area contributed by atoms with Gasteiger partial charge in [-0.15, -0.1) is 0 Å². The van der Waals surface area contributed by atoms with Crippen LogP contribution in [0.5, 0.6) is 0 Å². The highest BCUT2D eigenvalue weighted by molar-refractivity contribution is 6.33. The van der Waals surface area contributed by atoms with Gasteiger partial charge in [-0.1, -0.05) is 11.6 Å². The Balaban J connectivity index is 1.87. The quantitative estimate of drug-likeness (QED) is 0.846. The summed E-state index contributed by atoms with van der Waals surface area (Å²) >= 11 is 5.81. The summed E-state index contributed by atoms with van der Waals surface area (Å²) in [5.74, 6) is -1.38. The number of carboxylic acid groups (broad SMARTS) is 1. The van der Waals surface area contributed by atoms with Crippen LogP contribution in [0.3, 0.4) is 0 Å². The summed E-state index contributed by atoms with van der Waals surface area (Å²) in [4.78, 5) is 26.1. The molecule has 0 radical (unpaired) electrons. The van der Waals surface area contributed by atoms with Gasteiger partial charge in [0.1, 0.15) is 0 Å². The van der Waals surface area contributed by atoms with Crippen LogP contribution in [0.2, 0.25) is 5.02 Å². The van der Waals surface area contributed by atoms with Crippen LogP contribution in [0.1, 0.15) is 16.8 Å². The number of aromatic nitrogens is 1. The zero-order chi connectivity index (χ0) is 12.4. The molecule has 1 amide bonds. The molecule has 1 aromatic rings. The van der Waals surface area contributed by atoms with Crippen molar-refractivity contribution in [1.29, 1.82) is 0 Å². The molecule has 90 valence electrons. The normalized spacial score (nSPS) is 21.9. The molecule has 6 heteroatoms. The standard InChI is InChI=1S/C11H11ClN2O3/c12-9-5-13-2-1-7(9)10(15)14-4-6-3-8(6)11(16)17/h1-2,5-6,8H,3-4H2,(H,14,15)(H,16,17)/t6-,8-/m1/s1. The minimum absolute atomic E-state index is 0.0389. The van der Waals surface area contributed by atoms with Crippen LogP contribution in [0, 0.1) is 11.8 Å². The van der Waals surface area contributed by atoms with Gasteiger partial charge in [-0.25, -0.2) is 0 Å². The van der Waals surface area contributed by atoms with Crippen molar-refractivity contribution in [2.24, 2.45) is 11.8 Å². The molecule has 17 heavy (non-hydrogen) atoms. The molecular weight excluding hydrogens is 244 g/mol. The number of amides is 1. The van der Waals surface area contributed by atoms with Crippen molar-refractivity contribution >= 4 is 23.5 Å². The molecule has 0 aliphatic heterocycles. The highest BCUT2D eigenvalue weighted by Gasteiger charge is 2.43. The molecule has 1 fully saturated rings. The number of rotatable bonds is 4. The Morgan fingerprint density at radius 3 is 2.94 bits per heavy atom. The Labute approximate surface area is 103 Å². The smallest absolute Gasteiger partial charge is 0.306 e. The second kappa shape index (κ2) is 4.71. The zero-order valence-electron chi connectivity index (χ0n) is 8.89. The van der Waals surface area contributed by atoms with Crippen LogP contribution >= 0.6 is 11.6 Å². The maximum Gasteiger partial charge on any atom is 0.306 e. The molecule has 1 aliphatic rings. The monoisotopic (exact) mass is 254 g/mol. The highest BCUT2D eigenvalue weighted by Crippen LogP contribution is 2.37. The summed E-state index contributed by atoms with van der Waals surface area (Å²) in [6.07, 6.45) is 3.51. The van der Waals surface area contributed by atoms with Gasteiger partial charge < -0.3 is 10.4 Å². The van der Waals surface area contributed by atoms with Gasteiger partial charge in [0.25, 0.3) is 5.91 Å². The van der Waals surface area contributed by atoms with Gasteiger partial charge in [-0.3, -0.25) is 14.6 Å². The lowest BCUT2D eigenvalue weighted by atomic mass is 10.2. The fourth-order valence-corrected chi connectivity index (χ4v) is 1.86. The molecule has 5 nitrogen and oxygen atoms in total. The maximum absolute atomic E-state index is 11.7. The number of carbonyl (C=O) groups is 2. The number of carbonyl (C=O) groups excluding carboxylic acids is 1. The van der Waals surface area contributed by atoms with E-state index in [2.05, 4.69) is 10.3 Å². The van der Waals surface area contributed by atoms with Crippen LogP contribution in [0.4, 0.5) is 0 Å². The molecule has 0 unspecified atom stereocenters. The van der Waals surface area contributed by atoms with Gasteiger partial charge in [-0.2, -0.15) is 0 Å². The van der Waals surface area contributed by atoms with Crippen molar-refractivity contribution in [3.05, 3.63) is 29.0 Å². The second-order valence-electron chi connectivity index (χ2n) is 4.01. The van der Waals surface area contributed by atoms with E-state index in [0.717, 1.165) is 0 Å². The predicted octanol–water partition coefficient (Wildman–Crippen LogP) is 1.19. The largest absolute Gasteiger partial charge is 0.481 e. The Morgan fingerprint density at radius 2 is 2.35 bits per heavy atom. The summed E-state index contributed by atoms with van der Waals surface area (Å²) in [5, 5.41) is 11.7. The Kier molecular flexibility index (Phi) is 3.28. The van der Waals surface area contributed by atoms with Crippen molar-refractivity contribution in [2.45, 2.75) is 6.42 Å². The molecule has 1 aliphatic carbocycles. The molecule has 0 aromatic carbocycles. The third-order valence-electron chi connectivity index (χ3n) is 2.78. The van der Waals surface area contributed by atoms with Crippen LogP contribution < -0.4 is 5.32 Å². The van der Waals surface area contributed by atoms with Gasteiger partial charge >= 0.3 is 5.97 Å². The second-order valence-corrected chi connectivity index (χ2v) is 4.41. The molecule has 2 rings (SSSR count). The third-order valence-corrected chi connectivity index (χ3v) is 3.08. The summed E-state index contributed by atoms with van der Waals surface area (Å²) in [5.41, 5.74) is 0.356. The molecule has 2 atom stereocenters. The van der Waals surface area contributed by atoms with Crippen molar-refractivity contribution in [2.75, 3.05) is 6.54 Å². The minimum Gasteiger partial charge on any atom is -0.481 e. The van der Waals surface area contributed by atoms with E-state index in [-0.39, 0.29) is 22.8 Å². The van der Waals surface area contributed by atoms with Gasteiger partial charge in [0.05, 0.1) is 16.5 Å². The van der Waals surface area contributed by atoms with E-state index in [1.165, 1.54) is 18.5 Å². The number of pyridine rings is 1. The van der Waals surface area contributed by atoms with Crippen LogP contribution in [-0.2, 0) is 4.79 Å². The SMILES string of the molecule is O=C(NC[C@H]1C[C@H]1C(=O)O)c1ccncc1Cl. The van der Waals surface area contributed by atoms with Crippen molar-refractivity contribution in [3.8, 4) is 0 Å². The fourth-order valence-electron chi connectivity index (χ4n) is 1.65. The van der Waals surface area contributed by atoms with E-state index >= 15 is 0 Å². The Morgan fingerprint density at radius 1 is 1.59 bits per heavy atom. The lowest BCUT2D eigenvalue weighted by Crippen LogP contribution is -2.26. The van der Waals surface area contributed by atoms with Crippen molar-refractivity contribution in [3.63, 3.8) is 0 Å². The first kappa shape index (κ1) is 11.9. The number of aliphatic carboxylic acids is 1. The fraction of sp³-hybridized carbons (Fsp3) is 0.364. The first-order chi connectivity index (χ1) is 8.09. The van der Waals surface area contributed by atoms with Crippen molar-refractivity contribution in [1.82, 2.24) is 10.3 Å². The van der Waals surface area contributed by atoms with Crippen LogP contribution in [0.15, 0.2) is 18.5 Å².